The van der Waals surface area contributed by atoms with Gasteiger partial charge in [-0.15, -0.1) is 0 Å². The fraction of sp³-hybridized carbons (Fsp3) is 0.125. The Bertz CT molecular complexity index is 715. The van der Waals surface area contributed by atoms with E-state index < -0.39 is 17.7 Å². The van der Waals surface area contributed by atoms with Crippen LogP contribution in [0.4, 0.5) is 25.0 Å². The van der Waals surface area contributed by atoms with E-state index in [1.807, 2.05) is 0 Å². The molecular formula is C16H15F2N3O2. The van der Waals surface area contributed by atoms with Gasteiger partial charge in [0.05, 0.1) is 11.3 Å². The van der Waals surface area contributed by atoms with E-state index in [9.17, 15) is 18.4 Å². The Labute approximate surface area is 131 Å². The average molecular weight is 319 g/mol. The molecule has 0 heterocycles. The van der Waals surface area contributed by atoms with Crippen molar-refractivity contribution in [2.75, 3.05) is 17.2 Å². The zero-order valence-corrected chi connectivity index (χ0v) is 12.3. The molecule has 23 heavy (non-hydrogen) atoms. The van der Waals surface area contributed by atoms with Gasteiger partial charge in [0.25, 0.3) is 5.91 Å². The first-order chi connectivity index (χ1) is 11.0. The number of hydrogen-bond acceptors (Lipinski definition) is 2. The number of urea groups is 1. The second-order valence-electron chi connectivity index (χ2n) is 4.64. The monoisotopic (exact) mass is 319 g/mol. The molecule has 2 aromatic rings. The topological polar surface area (TPSA) is 70.2 Å². The van der Waals surface area contributed by atoms with Crippen LogP contribution in [0.5, 0.6) is 0 Å². The molecular weight excluding hydrogens is 304 g/mol. The molecule has 0 spiro atoms. The molecule has 7 heteroatoms. The number of benzene rings is 2. The lowest BCUT2D eigenvalue weighted by Gasteiger charge is -2.11. The van der Waals surface area contributed by atoms with Gasteiger partial charge in [-0.3, -0.25) is 4.79 Å². The SMILES string of the molecule is CCNC(=O)c1ccccc1NC(=O)Nc1cc(F)cc(F)c1. The molecule has 120 valence electrons. The van der Waals surface area contributed by atoms with Crippen molar-refractivity contribution in [3.05, 3.63) is 59.7 Å². The van der Waals surface area contributed by atoms with Crippen molar-refractivity contribution in [2.45, 2.75) is 6.92 Å². The summed E-state index contributed by atoms with van der Waals surface area (Å²) in [6.07, 6.45) is 0. The lowest BCUT2D eigenvalue weighted by atomic mass is 10.1. The van der Waals surface area contributed by atoms with Crippen LogP contribution in [0.25, 0.3) is 0 Å². The number of nitrogens with one attached hydrogen (secondary N) is 3. The Hall–Kier alpha value is -2.96. The van der Waals surface area contributed by atoms with Crippen LogP contribution < -0.4 is 16.0 Å². The number of anilines is 2. The van der Waals surface area contributed by atoms with Gasteiger partial charge in [0.1, 0.15) is 11.6 Å². The van der Waals surface area contributed by atoms with E-state index in [1.165, 1.54) is 0 Å². The average Bonchev–Trinajstić information content (AvgIpc) is 2.46. The molecule has 3 amide bonds. The summed E-state index contributed by atoms with van der Waals surface area (Å²) < 4.78 is 26.2. The van der Waals surface area contributed by atoms with E-state index >= 15 is 0 Å². The second kappa shape index (κ2) is 7.35. The van der Waals surface area contributed by atoms with Gasteiger partial charge < -0.3 is 16.0 Å². The van der Waals surface area contributed by atoms with Gasteiger partial charge in [0, 0.05) is 18.3 Å². The van der Waals surface area contributed by atoms with Gasteiger partial charge in [0.2, 0.25) is 0 Å². The van der Waals surface area contributed by atoms with E-state index in [4.69, 9.17) is 0 Å². The third-order valence-electron chi connectivity index (χ3n) is 2.88. The molecule has 2 rings (SSSR count). The van der Waals surface area contributed by atoms with Crippen LogP contribution in [0, 0.1) is 11.6 Å². The predicted octanol–water partition coefficient (Wildman–Crippen LogP) is 3.36. The number of carbonyl (C=O) groups excluding carboxylic acids is 2. The predicted molar refractivity (Wildman–Crippen MR) is 83.4 cm³/mol. The summed E-state index contributed by atoms with van der Waals surface area (Å²) in [5.41, 5.74) is 0.540. The summed E-state index contributed by atoms with van der Waals surface area (Å²) >= 11 is 0. The second-order valence-corrected chi connectivity index (χ2v) is 4.64. The largest absolute Gasteiger partial charge is 0.352 e. The van der Waals surface area contributed by atoms with Crippen molar-refractivity contribution in [2.24, 2.45) is 0 Å². The maximum absolute atomic E-state index is 13.1. The quantitative estimate of drug-likeness (QED) is 0.809. The number of para-hydroxylation sites is 1. The Morgan fingerprint density at radius 2 is 1.65 bits per heavy atom. The highest BCUT2D eigenvalue weighted by Gasteiger charge is 2.12. The molecule has 0 saturated heterocycles. The van der Waals surface area contributed by atoms with E-state index in [2.05, 4.69) is 16.0 Å². The molecule has 0 aliphatic rings. The first-order valence-electron chi connectivity index (χ1n) is 6.91. The molecule has 0 atom stereocenters. The van der Waals surface area contributed by atoms with Gasteiger partial charge in [0.15, 0.2) is 0 Å². The minimum atomic E-state index is -0.803. The Morgan fingerprint density at radius 3 is 2.30 bits per heavy atom. The number of halogens is 2. The fourth-order valence-electron chi connectivity index (χ4n) is 1.96. The molecule has 0 fully saturated rings. The van der Waals surface area contributed by atoms with Crippen LogP contribution in [0.1, 0.15) is 17.3 Å². The smallest absolute Gasteiger partial charge is 0.323 e. The number of amides is 3. The molecule has 0 aliphatic heterocycles. The van der Waals surface area contributed by atoms with Gasteiger partial charge >= 0.3 is 6.03 Å². The van der Waals surface area contributed by atoms with E-state index in [0.717, 1.165) is 12.1 Å². The zero-order chi connectivity index (χ0) is 16.8. The summed E-state index contributed by atoms with van der Waals surface area (Å²) in [5, 5.41) is 7.42. The van der Waals surface area contributed by atoms with Crippen molar-refractivity contribution in [1.29, 1.82) is 0 Å². The molecule has 3 N–H and O–H groups in total. The standard InChI is InChI=1S/C16H15F2N3O2/c1-2-19-15(22)13-5-3-4-6-14(13)21-16(23)20-12-8-10(17)7-11(18)9-12/h3-9H,2H2,1H3,(H,19,22)(H2,20,21,23). The number of carbonyl (C=O) groups is 2. The molecule has 0 aromatic heterocycles. The Balaban J connectivity index is 2.13. The summed E-state index contributed by atoms with van der Waals surface area (Å²) in [7, 11) is 0. The van der Waals surface area contributed by atoms with E-state index in [0.29, 0.717) is 12.6 Å². The molecule has 5 nitrogen and oxygen atoms in total. The highest BCUT2D eigenvalue weighted by molar-refractivity contribution is 6.06. The van der Waals surface area contributed by atoms with E-state index in [-0.39, 0.29) is 22.8 Å². The van der Waals surface area contributed by atoms with Crippen molar-refractivity contribution in [3.63, 3.8) is 0 Å². The van der Waals surface area contributed by atoms with Gasteiger partial charge in [-0.2, -0.15) is 0 Å². The third-order valence-corrected chi connectivity index (χ3v) is 2.88. The maximum Gasteiger partial charge on any atom is 0.323 e. The zero-order valence-electron chi connectivity index (χ0n) is 12.3. The number of hydrogen-bond donors (Lipinski definition) is 3. The highest BCUT2D eigenvalue weighted by Crippen LogP contribution is 2.17. The molecule has 0 bridgehead atoms. The minimum absolute atomic E-state index is 0.0320. The van der Waals surface area contributed by atoms with Crippen LogP contribution in [0.2, 0.25) is 0 Å². The fourth-order valence-corrected chi connectivity index (χ4v) is 1.96. The Kier molecular flexibility index (Phi) is 5.24. The lowest BCUT2D eigenvalue weighted by molar-refractivity contribution is 0.0956. The summed E-state index contributed by atoms with van der Waals surface area (Å²) in [5.74, 6) is -1.94. The molecule has 0 aliphatic carbocycles. The molecule has 0 radical (unpaired) electrons. The first kappa shape index (κ1) is 16.4. The highest BCUT2D eigenvalue weighted by atomic mass is 19.1. The Morgan fingerprint density at radius 1 is 1.00 bits per heavy atom. The van der Waals surface area contributed by atoms with Crippen LogP contribution in [-0.2, 0) is 0 Å². The van der Waals surface area contributed by atoms with Crippen molar-refractivity contribution >= 4 is 23.3 Å². The van der Waals surface area contributed by atoms with Crippen molar-refractivity contribution < 1.29 is 18.4 Å². The van der Waals surface area contributed by atoms with E-state index in [1.54, 1.807) is 31.2 Å². The summed E-state index contributed by atoms with van der Waals surface area (Å²) in [6, 6.07) is 8.38. The first-order valence-corrected chi connectivity index (χ1v) is 6.91. The molecule has 0 unspecified atom stereocenters. The van der Waals surface area contributed by atoms with Gasteiger partial charge in [-0.05, 0) is 31.2 Å². The minimum Gasteiger partial charge on any atom is -0.352 e. The summed E-state index contributed by atoms with van der Waals surface area (Å²) in [6.45, 7) is 2.22. The van der Waals surface area contributed by atoms with Crippen LogP contribution in [0.3, 0.4) is 0 Å². The maximum atomic E-state index is 13.1. The lowest BCUT2D eigenvalue weighted by Crippen LogP contribution is -2.26. The van der Waals surface area contributed by atoms with Crippen molar-refractivity contribution in [1.82, 2.24) is 5.32 Å². The van der Waals surface area contributed by atoms with Crippen molar-refractivity contribution in [3.8, 4) is 0 Å². The van der Waals surface area contributed by atoms with Crippen LogP contribution in [-0.4, -0.2) is 18.5 Å². The molecule has 2 aromatic carbocycles. The third kappa shape index (κ3) is 4.50. The number of rotatable bonds is 4. The van der Waals surface area contributed by atoms with Crippen LogP contribution in [0.15, 0.2) is 42.5 Å². The van der Waals surface area contributed by atoms with Gasteiger partial charge in [-0.1, -0.05) is 12.1 Å². The molecule has 0 saturated carbocycles. The normalized spacial score (nSPS) is 10.0. The van der Waals surface area contributed by atoms with Crippen LogP contribution >= 0.6 is 0 Å². The summed E-state index contributed by atoms with van der Waals surface area (Å²) in [4.78, 5) is 23.9. The van der Waals surface area contributed by atoms with Gasteiger partial charge in [-0.25, -0.2) is 13.6 Å².